The van der Waals surface area contributed by atoms with Crippen LogP contribution in [0.2, 0.25) is 0 Å². The van der Waals surface area contributed by atoms with Crippen LogP contribution in [0.25, 0.3) is 22.7 Å². The van der Waals surface area contributed by atoms with Gasteiger partial charge in [-0.15, -0.1) is 0 Å². The molecule has 0 radical (unpaired) electrons. The first-order valence-corrected chi connectivity index (χ1v) is 9.10. The minimum atomic E-state index is -0.263. The summed E-state index contributed by atoms with van der Waals surface area (Å²) < 4.78 is 3.63. The largest absolute Gasteiger partial charge is 0.396 e. The van der Waals surface area contributed by atoms with Gasteiger partial charge in [0.25, 0.3) is 5.91 Å². The van der Waals surface area contributed by atoms with Crippen LogP contribution in [0.3, 0.4) is 0 Å². The first-order chi connectivity index (χ1) is 13.8. The highest BCUT2D eigenvalue weighted by Gasteiger charge is 2.20. The van der Waals surface area contributed by atoms with E-state index in [9.17, 15) is 4.79 Å². The van der Waals surface area contributed by atoms with Crippen LogP contribution in [0, 0.1) is 0 Å². The minimum Gasteiger partial charge on any atom is -0.396 e. The Morgan fingerprint density at radius 2 is 1.96 bits per heavy atom. The third-order valence-electron chi connectivity index (χ3n) is 4.40. The fourth-order valence-electron chi connectivity index (χ4n) is 3.06. The van der Waals surface area contributed by atoms with E-state index in [1.807, 2.05) is 40.8 Å². The Labute approximate surface area is 161 Å². The van der Waals surface area contributed by atoms with E-state index in [-0.39, 0.29) is 12.5 Å². The topological polar surface area (TPSA) is 97.3 Å². The fraction of sp³-hybridized carbons (Fsp3) is 0.200. The predicted molar refractivity (Wildman–Crippen MR) is 104 cm³/mol. The van der Waals surface area contributed by atoms with E-state index < -0.39 is 0 Å². The number of nitrogens with zero attached hydrogens (tertiary/aromatic N) is 5. The van der Waals surface area contributed by atoms with Crippen LogP contribution in [-0.4, -0.2) is 48.3 Å². The zero-order valence-electron chi connectivity index (χ0n) is 15.2. The number of aliphatic hydroxyl groups is 1. The molecule has 0 unspecified atom stereocenters. The Morgan fingerprint density at radius 3 is 2.79 bits per heavy atom. The first kappa shape index (κ1) is 17.9. The second-order valence-electron chi connectivity index (χ2n) is 6.27. The van der Waals surface area contributed by atoms with Gasteiger partial charge in [-0.3, -0.25) is 14.2 Å². The average Bonchev–Trinajstić information content (AvgIpc) is 3.36. The molecule has 0 atom stereocenters. The third kappa shape index (κ3) is 3.37. The van der Waals surface area contributed by atoms with Gasteiger partial charge < -0.3 is 10.4 Å². The Hall–Kier alpha value is -3.52. The molecule has 8 nitrogen and oxygen atoms in total. The molecule has 4 rings (SSSR count). The molecule has 0 saturated heterocycles. The maximum absolute atomic E-state index is 12.7. The SMILES string of the molecule is O=C(NCCCCO)c1nc(-c2ccnn2-c2ccccc2)n2ccncc12. The lowest BCUT2D eigenvalue weighted by molar-refractivity contribution is 0.0949. The number of fused-ring (bicyclic) bond motifs is 1. The van der Waals surface area contributed by atoms with Gasteiger partial charge in [0.05, 0.1) is 23.6 Å². The molecule has 3 aromatic heterocycles. The minimum absolute atomic E-state index is 0.112. The first-order valence-electron chi connectivity index (χ1n) is 9.10. The maximum Gasteiger partial charge on any atom is 0.272 e. The van der Waals surface area contributed by atoms with E-state index in [0.29, 0.717) is 36.4 Å². The molecule has 0 bridgehead atoms. The summed E-state index contributed by atoms with van der Waals surface area (Å²) in [6, 6.07) is 11.6. The number of amides is 1. The Kier molecular flexibility index (Phi) is 5.11. The lowest BCUT2D eigenvalue weighted by Gasteiger charge is -2.06. The molecular formula is C20H20N6O2. The van der Waals surface area contributed by atoms with Crippen molar-refractivity contribution in [3.05, 3.63) is 66.9 Å². The van der Waals surface area contributed by atoms with E-state index >= 15 is 0 Å². The van der Waals surface area contributed by atoms with E-state index in [1.165, 1.54) is 0 Å². The molecule has 0 aliphatic carbocycles. The van der Waals surface area contributed by atoms with Gasteiger partial charge in [-0.25, -0.2) is 9.67 Å². The fourth-order valence-corrected chi connectivity index (χ4v) is 3.06. The number of para-hydroxylation sites is 1. The summed E-state index contributed by atoms with van der Waals surface area (Å²) >= 11 is 0. The summed E-state index contributed by atoms with van der Waals surface area (Å²) in [5.41, 5.74) is 2.61. The number of unbranched alkanes of at least 4 members (excludes halogenated alkanes) is 1. The molecule has 0 fully saturated rings. The van der Waals surface area contributed by atoms with Gasteiger partial charge in [-0.05, 0) is 31.0 Å². The molecule has 8 heteroatoms. The van der Waals surface area contributed by atoms with Crippen LogP contribution < -0.4 is 5.32 Å². The second-order valence-corrected chi connectivity index (χ2v) is 6.27. The van der Waals surface area contributed by atoms with E-state index in [2.05, 4.69) is 20.4 Å². The summed E-state index contributed by atoms with van der Waals surface area (Å²) in [6.07, 6.45) is 8.13. The molecule has 0 saturated carbocycles. The zero-order chi connectivity index (χ0) is 19.3. The van der Waals surface area contributed by atoms with Gasteiger partial charge >= 0.3 is 0 Å². The standard InChI is InChI=1S/C20H20N6O2/c27-13-5-4-9-22-20(28)18-17-14-21-11-12-25(17)19(24-18)16-8-10-23-26(16)15-6-2-1-3-7-15/h1-3,6-8,10-12,14,27H,4-5,9,13H2,(H,22,28). The summed E-state index contributed by atoms with van der Waals surface area (Å²) in [5.74, 6) is 0.347. The Bertz CT molecular complexity index is 1090. The van der Waals surface area contributed by atoms with Crippen molar-refractivity contribution in [3.63, 3.8) is 0 Å². The molecule has 142 valence electrons. The van der Waals surface area contributed by atoms with Crippen LogP contribution in [0.15, 0.2) is 61.2 Å². The number of rotatable bonds is 7. The van der Waals surface area contributed by atoms with E-state index in [4.69, 9.17) is 5.11 Å². The van der Waals surface area contributed by atoms with E-state index in [0.717, 1.165) is 11.4 Å². The number of benzene rings is 1. The molecular weight excluding hydrogens is 356 g/mol. The summed E-state index contributed by atoms with van der Waals surface area (Å²) in [6.45, 7) is 0.594. The van der Waals surface area contributed by atoms with Crippen LogP contribution >= 0.6 is 0 Å². The molecule has 1 amide bonds. The van der Waals surface area contributed by atoms with Crippen molar-refractivity contribution in [3.8, 4) is 17.2 Å². The van der Waals surface area contributed by atoms with Crippen molar-refractivity contribution in [2.24, 2.45) is 0 Å². The number of nitrogens with one attached hydrogen (secondary N) is 1. The number of aliphatic hydroxyl groups excluding tert-OH is 1. The van der Waals surface area contributed by atoms with Crippen molar-refractivity contribution in [2.75, 3.05) is 13.2 Å². The van der Waals surface area contributed by atoms with Gasteiger partial charge in [0.1, 0.15) is 5.69 Å². The van der Waals surface area contributed by atoms with Crippen LogP contribution in [0.4, 0.5) is 0 Å². The highest BCUT2D eigenvalue weighted by Crippen LogP contribution is 2.24. The number of carbonyl (C=O) groups is 1. The zero-order valence-corrected chi connectivity index (χ0v) is 15.2. The van der Waals surface area contributed by atoms with E-state index in [1.54, 1.807) is 29.5 Å². The van der Waals surface area contributed by atoms with Gasteiger partial charge in [-0.1, -0.05) is 18.2 Å². The number of carbonyl (C=O) groups excluding carboxylic acids is 1. The van der Waals surface area contributed by atoms with Crippen LogP contribution in [0.5, 0.6) is 0 Å². The van der Waals surface area contributed by atoms with Gasteiger partial charge in [-0.2, -0.15) is 5.10 Å². The van der Waals surface area contributed by atoms with Crippen LogP contribution in [-0.2, 0) is 0 Å². The number of imidazole rings is 1. The van der Waals surface area contributed by atoms with Crippen LogP contribution in [0.1, 0.15) is 23.3 Å². The molecule has 3 heterocycles. The average molecular weight is 376 g/mol. The maximum atomic E-state index is 12.7. The highest BCUT2D eigenvalue weighted by atomic mass is 16.3. The number of hydrogen-bond acceptors (Lipinski definition) is 5. The predicted octanol–water partition coefficient (Wildman–Crippen LogP) is 2.08. The smallest absolute Gasteiger partial charge is 0.272 e. The molecule has 4 aromatic rings. The number of hydrogen-bond donors (Lipinski definition) is 2. The normalized spacial score (nSPS) is 11.0. The van der Waals surface area contributed by atoms with Crippen molar-refractivity contribution in [1.82, 2.24) is 29.5 Å². The summed E-state index contributed by atoms with van der Waals surface area (Å²) in [5, 5.41) is 16.1. The number of aromatic nitrogens is 5. The highest BCUT2D eigenvalue weighted by molar-refractivity contribution is 5.99. The van der Waals surface area contributed by atoms with Crippen molar-refractivity contribution in [2.45, 2.75) is 12.8 Å². The molecule has 28 heavy (non-hydrogen) atoms. The van der Waals surface area contributed by atoms with Gasteiger partial charge in [0.15, 0.2) is 11.5 Å². The van der Waals surface area contributed by atoms with Crippen molar-refractivity contribution in [1.29, 1.82) is 0 Å². The molecule has 2 N–H and O–H groups in total. The quantitative estimate of drug-likeness (QED) is 0.481. The third-order valence-corrected chi connectivity index (χ3v) is 4.40. The monoisotopic (exact) mass is 376 g/mol. The summed E-state index contributed by atoms with van der Waals surface area (Å²) in [4.78, 5) is 21.4. The lowest BCUT2D eigenvalue weighted by Crippen LogP contribution is -2.25. The van der Waals surface area contributed by atoms with Gasteiger partial charge in [0, 0.05) is 25.5 Å². The van der Waals surface area contributed by atoms with Gasteiger partial charge in [0.2, 0.25) is 0 Å². The van der Waals surface area contributed by atoms with Crippen molar-refractivity contribution >= 4 is 11.4 Å². The Balaban J connectivity index is 1.74. The second kappa shape index (κ2) is 8.01. The Morgan fingerprint density at radius 1 is 1.11 bits per heavy atom. The molecule has 0 aliphatic heterocycles. The molecule has 1 aromatic carbocycles. The molecule has 0 aliphatic rings. The molecule has 0 spiro atoms. The van der Waals surface area contributed by atoms with Crippen molar-refractivity contribution < 1.29 is 9.90 Å². The summed E-state index contributed by atoms with van der Waals surface area (Å²) in [7, 11) is 0. The lowest BCUT2D eigenvalue weighted by atomic mass is 10.3.